The molecule has 0 aliphatic carbocycles. The van der Waals surface area contributed by atoms with E-state index in [2.05, 4.69) is 15.5 Å². The van der Waals surface area contributed by atoms with Crippen LogP contribution in [0.4, 0.5) is 15.8 Å². The predicted octanol–water partition coefficient (Wildman–Crippen LogP) is 2.66. The highest BCUT2D eigenvalue weighted by molar-refractivity contribution is 7.99. The van der Waals surface area contributed by atoms with E-state index in [4.69, 9.17) is 4.74 Å². The molecule has 0 aliphatic heterocycles. The van der Waals surface area contributed by atoms with Gasteiger partial charge in [0.25, 0.3) is 0 Å². The molecule has 0 aliphatic rings. The predicted molar refractivity (Wildman–Crippen MR) is 121 cm³/mol. The molecule has 0 atom stereocenters. The zero-order valence-electron chi connectivity index (χ0n) is 17.6. The van der Waals surface area contributed by atoms with E-state index in [1.165, 1.54) is 31.4 Å². The van der Waals surface area contributed by atoms with Crippen molar-refractivity contribution < 1.29 is 22.3 Å². The van der Waals surface area contributed by atoms with Crippen molar-refractivity contribution in [2.24, 2.45) is 7.05 Å². The number of carbonyl (C=O) groups is 1. The normalized spacial score (nSPS) is 11.2. The summed E-state index contributed by atoms with van der Waals surface area (Å²) in [4.78, 5) is 12.3. The maximum atomic E-state index is 13.2. The molecular formula is C20H22FN5O4S2. The van der Waals surface area contributed by atoms with E-state index in [1.54, 1.807) is 35.9 Å². The van der Waals surface area contributed by atoms with Crippen LogP contribution in [0.15, 0.2) is 53.7 Å². The first-order valence-corrected chi connectivity index (χ1v) is 12.2. The van der Waals surface area contributed by atoms with Crippen LogP contribution in [0.2, 0.25) is 0 Å². The van der Waals surface area contributed by atoms with Crippen LogP contribution < -0.4 is 14.4 Å². The number of ether oxygens (including phenoxy) is 1. The third kappa shape index (κ3) is 5.77. The summed E-state index contributed by atoms with van der Waals surface area (Å²) in [6, 6.07) is 12.2. The van der Waals surface area contributed by atoms with Gasteiger partial charge in [-0.05, 0) is 36.4 Å². The van der Waals surface area contributed by atoms with Crippen LogP contribution in [-0.2, 0) is 28.4 Å². The van der Waals surface area contributed by atoms with Gasteiger partial charge in [-0.2, -0.15) is 0 Å². The van der Waals surface area contributed by atoms with Gasteiger partial charge in [0.05, 0.1) is 37.0 Å². The smallest absolute Gasteiger partial charge is 0.234 e. The number of hydrogen-bond donors (Lipinski definition) is 1. The molecule has 0 fully saturated rings. The van der Waals surface area contributed by atoms with Gasteiger partial charge in [-0.25, -0.2) is 12.8 Å². The van der Waals surface area contributed by atoms with Gasteiger partial charge in [0, 0.05) is 7.05 Å². The number of hydrogen-bond acceptors (Lipinski definition) is 7. The lowest BCUT2D eigenvalue weighted by atomic mass is 10.3. The lowest BCUT2D eigenvalue weighted by molar-refractivity contribution is -0.113. The van der Waals surface area contributed by atoms with Crippen molar-refractivity contribution in [1.82, 2.24) is 14.8 Å². The first-order valence-electron chi connectivity index (χ1n) is 9.36. The van der Waals surface area contributed by atoms with Crippen LogP contribution >= 0.6 is 11.8 Å². The summed E-state index contributed by atoms with van der Waals surface area (Å²) in [5.41, 5.74) is 0.865. The number of rotatable bonds is 9. The maximum absolute atomic E-state index is 13.2. The fourth-order valence-electron chi connectivity index (χ4n) is 2.81. The summed E-state index contributed by atoms with van der Waals surface area (Å²) in [6.07, 6.45) is 1.06. The van der Waals surface area contributed by atoms with Crippen molar-refractivity contribution in [3.05, 3.63) is 60.2 Å². The highest BCUT2D eigenvalue weighted by atomic mass is 32.2. The lowest BCUT2D eigenvalue weighted by Gasteiger charge is -2.21. The Balaban J connectivity index is 1.69. The van der Waals surface area contributed by atoms with E-state index in [1.807, 2.05) is 0 Å². The molecule has 9 nitrogen and oxygen atoms in total. The van der Waals surface area contributed by atoms with E-state index >= 15 is 0 Å². The van der Waals surface area contributed by atoms with Gasteiger partial charge >= 0.3 is 0 Å². The summed E-state index contributed by atoms with van der Waals surface area (Å²) < 4.78 is 45.7. The third-order valence-electron chi connectivity index (χ3n) is 4.44. The zero-order chi connectivity index (χ0) is 23.3. The van der Waals surface area contributed by atoms with Crippen LogP contribution in [0.25, 0.3) is 0 Å². The first-order chi connectivity index (χ1) is 15.2. The Labute approximate surface area is 189 Å². The molecular weight excluding hydrogens is 457 g/mol. The molecule has 1 amide bonds. The van der Waals surface area contributed by atoms with E-state index in [0.29, 0.717) is 28.1 Å². The third-order valence-corrected chi connectivity index (χ3v) is 6.60. The minimum absolute atomic E-state index is 0.0672. The van der Waals surface area contributed by atoms with E-state index in [0.717, 1.165) is 22.3 Å². The molecule has 0 radical (unpaired) electrons. The molecule has 32 heavy (non-hydrogen) atoms. The Hall–Kier alpha value is -3.12. The second-order valence-corrected chi connectivity index (χ2v) is 9.59. The Bertz CT molecular complexity index is 1200. The summed E-state index contributed by atoms with van der Waals surface area (Å²) >= 11 is 1.16. The van der Waals surface area contributed by atoms with Crippen LogP contribution in [-0.4, -0.2) is 48.2 Å². The molecule has 3 rings (SSSR count). The van der Waals surface area contributed by atoms with Gasteiger partial charge in [-0.15, -0.1) is 10.2 Å². The van der Waals surface area contributed by atoms with Gasteiger partial charge in [0.1, 0.15) is 11.6 Å². The summed E-state index contributed by atoms with van der Waals surface area (Å²) in [5, 5.41) is 11.3. The number of nitrogens with zero attached hydrogens (tertiary/aromatic N) is 4. The Morgan fingerprint density at radius 1 is 1.19 bits per heavy atom. The number of benzene rings is 2. The minimum atomic E-state index is -3.66. The number of amides is 1. The highest BCUT2D eigenvalue weighted by Crippen LogP contribution is 2.25. The van der Waals surface area contributed by atoms with Gasteiger partial charge in [0.15, 0.2) is 11.0 Å². The number of carbonyl (C=O) groups excluding carboxylic acids is 1. The van der Waals surface area contributed by atoms with Crippen molar-refractivity contribution in [3.63, 3.8) is 0 Å². The molecule has 0 unspecified atom stereocenters. The van der Waals surface area contributed by atoms with Crippen molar-refractivity contribution in [1.29, 1.82) is 0 Å². The summed E-state index contributed by atoms with van der Waals surface area (Å²) in [5.74, 6) is 0.262. The topological polar surface area (TPSA) is 106 Å². The van der Waals surface area contributed by atoms with Gasteiger partial charge in [-0.1, -0.05) is 23.9 Å². The molecule has 0 saturated carbocycles. The van der Waals surface area contributed by atoms with E-state index < -0.39 is 15.8 Å². The summed E-state index contributed by atoms with van der Waals surface area (Å²) in [7, 11) is -0.455. The van der Waals surface area contributed by atoms with Crippen LogP contribution in [0.1, 0.15) is 5.82 Å². The van der Waals surface area contributed by atoms with E-state index in [-0.39, 0.29) is 18.2 Å². The monoisotopic (exact) mass is 479 g/mol. The highest BCUT2D eigenvalue weighted by Gasteiger charge is 2.22. The largest absolute Gasteiger partial charge is 0.495 e. The van der Waals surface area contributed by atoms with Crippen molar-refractivity contribution >= 4 is 39.1 Å². The molecule has 170 valence electrons. The molecule has 12 heteroatoms. The zero-order valence-corrected chi connectivity index (χ0v) is 19.3. The standard InChI is InChI=1S/C20H22FN5O4S2/c1-25-18(12-26(32(3,28)29)15-10-8-14(21)9-11-15)23-24-20(25)31-13-19(27)22-16-6-4-5-7-17(16)30-2/h4-11H,12-13H2,1-3H3,(H,22,27). The van der Waals surface area contributed by atoms with Crippen LogP contribution in [0.5, 0.6) is 5.75 Å². The average molecular weight is 480 g/mol. The molecule has 0 spiro atoms. The Kier molecular flexibility index (Phi) is 7.36. The second-order valence-electron chi connectivity index (χ2n) is 6.74. The second kappa shape index (κ2) is 10.0. The number of sulfonamides is 1. The SMILES string of the molecule is COc1ccccc1NC(=O)CSc1nnc(CN(c2ccc(F)cc2)S(C)(=O)=O)n1C. The molecule has 1 heterocycles. The molecule has 2 aromatic carbocycles. The molecule has 1 aromatic heterocycles. The lowest BCUT2D eigenvalue weighted by Crippen LogP contribution is -2.30. The molecule has 0 saturated heterocycles. The quantitative estimate of drug-likeness (QED) is 0.470. The van der Waals surface area contributed by atoms with Crippen LogP contribution in [0, 0.1) is 5.82 Å². The maximum Gasteiger partial charge on any atom is 0.234 e. The number of halogens is 1. The Morgan fingerprint density at radius 3 is 2.53 bits per heavy atom. The fourth-order valence-corrected chi connectivity index (χ4v) is 4.39. The van der Waals surface area contributed by atoms with Crippen molar-refractivity contribution in [3.8, 4) is 5.75 Å². The molecule has 0 bridgehead atoms. The average Bonchev–Trinajstić information content (AvgIpc) is 3.10. The number of aromatic nitrogens is 3. The number of anilines is 2. The molecule has 3 aromatic rings. The van der Waals surface area contributed by atoms with Crippen molar-refractivity contribution in [2.45, 2.75) is 11.7 Å². The van der Waals surface area contributed by atoms with E-state index in [9.17, 15) is 17.6 Å². The van der Waals surface area contributed by atoms with Gasteiger partial charge in [-0.3, -0.25) is 9.10 Å². The van der Waals surface area contributed by atoms with Gasteiger partial charge < -0.3 is 14.6 Å². The van der Waals surface area contributed by atoms with Crippen LogP contribution in [0.3, 0.4) is 0 Å². The fraction of sp³-hybridized carbons (Fsp3) is 0.250. The number of methoxy groups -OCH3 is 1. The minimum Gasteiger partial charge on any atom is -0.495 e. The first kappa shape index (κ1) is 23.5. The number of nitrogens with one attached hydrogen (secondary N) is 1. The Morgan fingerprint density at radius 2 is 1.88 bits per heavy atom. The number of para-hydroxylation sites is 2. The summed E-state index contributed by atoms with van der Waals surface area (Å²) in [6.45, 7) is -0.0953. The number of thioether (sulfide) groups is 1. The van der Waals surface area contributed by atoms with Crippen molar-refractivity contribution in [2.75, 3.05) is 28.7 Å². The van der Waals surface area contributed by atoms with Gasteiger partial charge in [0.2, 0.25) is 15.9 Å². The molecule has 1 N–H and O–H groups in total.